The van der Waals surface area contributed by atoms with Gasteiger partial charge in [-0.2, -0.15) is 0 Å². The molecule has 0 aliphatic carbocycles. The summed E-state index contributed by atoms with van der Waals surface area (Å²) >= 11 is 6.18. The molecule has 0 spiro atoms. The quantitative estimate of drug-likeness (QED) is 0.886. The number of benzene rings is 2. The second kappa shape index (κ2) is 7.89. The number of halogens is 1. The lowest BCUT2D eigenvalue weighted by atomic mass is 10.1. The number of nitrogens with zero attached hydrogens (tertiary/aromatic N) is 1. The smallest absolute Gasteiger partial charge is 0.257 e. The summed E-state index contributed by atoms with van der Waals surface area (Å²) in [6.45, 7) is 3.71. The van der Waals surface area contributed by atoms with Crippen molar-refractivity contribution in [3.8, 4) is 5.75 Å². The van der Waals surface area contributed by atoms with Crippen LogP contribution in [0.2, 0.25) is 5.02 Å². The molecule has 2 aromatic rings. The van der Waals surface area contributed by atoms with Crippen molar-refractivity contribution in [3.05, 3.63) is 64.7 Å². The molecule has 1 fully saturated rings. The van der Waals surface area contributed by atoms with Crippen LogP contribution in [0, 0.1) is 5.92 Å². The van der Waals surface area contributed by atoms with Crippen molar-refractivity contribution in [1.82, 2.24) is 4.90 Å². The number of rotatable bonds is 5. The molecule has 1 aliphatic heterocycles. The summed E-state index contributed by atoms with van der Waals surface area (Å²) in [6.07, 6.45) is 0.949. The van der Waals surface area contributed by atoms with Crippen molar-refractivity contribution < 1.29 is 9.53 Å². The normalized spacial score (nSPS) is 19.9. The summed E-state index contributed by atoms with van der Waals surface area (Å²) < 4.78 is 5.92. The van der Waals surface area contributed by atoms with Crippen molar-refractivity contribution in [2.24, 2.45) is 11.7 Å². The molecule has 0 bridgehead atoms. The minimum absolute atomic E-state index is 0.00166. The Morgan fingerprint density at radius 1 is 1.24 bits per heavy atom. The van der Waals surface area contributed by atoms with Gasteiger partial charge in [-0.05, 0) is 44.0 Å². The Kier molecular flexibility index (Phi) is 5.61. The molecule has 1 amide bonds. The average molecular weight is 359 g/mol. The molecule has 0 radical (unpaired) electrons. The summed E-state index contributed by atoms with van der Waals surface area (Å²) in [6, 6.07) is 15.1. The van der Waals surface area contributed by atoms with Crippen LogP contribution in [0.5, 0.6) is 5.75 Å². The van der Waals surface area contributed by atoms with E-state index in [2.05, 4.69) is 6.92 Å². The number of amides is 1. The zero-order chi connectivity index (χ0) is 17.8. The first kappa shape index (κ1) is 17.8. The largest absolute Gasteiger partial charge is 0.488 e. The van der Waals surface area contributed by atoms with Gasteiger partial charge in [-0.25, -0.2) is 0 Å². The molecule has 5 heteroatoms. The van der Waals surface area contributed by atoms with E-state index in [1.807, 2.05) is 53.4 Å². The van der Waals surface area contributed by atoms with Crippen LogP contribution in [-0.2, 0) is 6.61 Å². The Morgan fingerprint density at radius 3 is 2.68 bits per heavy atom. The highest BCUT2D eigenvalue weighted by Gasteiger charge is 2.33. The van der Waals surface area contributed by atoms with Crippen molar-refractivity contribution >= 4 is 17.5 Å². The average Bonchev–Trinajstić information content (AvgIpc) is 3.01. The topological polar surface area (TPSA) is 55.6 Å². The number of hydrogen-bond donors (Lipinski definition) is 1. The first-order valence-electron chi connectivity index (χ1n) is 8.56. The molecule has 3 rings (SSSR count). The number of hydrogen-bond acceptors (Lipinski definition) is 3. The maximum Gasteiger partial charge on any atom is 0.257 e. The van der Waals surface area contributed by atoms with E-state index >= 15 is 0 Å². The van der Waals surface area contributed by atoms with Crippen LogP contribution in [0.3, 0.4) is 0 Å². The van der Waals surface area contributed by atoms with Crippen molar-refractivity contribution in [1.29, 1.82) is 0 Å². The van der Waals surface area contributed by atoms with E-state index in [4.69, 9.17) is 22.1 Å². The molecule has 1 aliphatic rings. The molecule has 0 saturated carbocycles. The van der Waals surface area contributed by atoms with E-state index in [-0.39, 0.29) is 11.9 Å². The highest BCUT2D eigenvalue weighted by Crippen LogP contribution is 2.28. The van der Waals surface area contributed by atoms with Gasteiger partial charge in [0.2, 0.25) is 0 Å². The molecule has 4 nitrogen and oxygen atoms in total. The van der Waals surface area contributed by atoms with Gasteiger partial charge in [-0.3, -0.25) is 4.79 Å². The Balaban J connectivity index is 1.77. The molecule has 1 saturated heterocycles. The third-order valence-electron chi connectivity index (χ3n) is 4.71. The minimum atomic E-state index is -0.00166. The lowest BCUT2D eigenvalue weighted by Crippen LogP contribution is -2.34. The first-order valence-corrected chi connectivity index (χ1v) is 8.94. The fraction of sp³-hybridized carbons (Fsp3) is 0.350. The number of nitrogens with two attached hydrogens (primary N) is 1. The number of para-hydroxylation sites is 1. The van der Waals surface area contributed by atoms with Crippen LogP contribution in [0.15, 0.2) is 48.5 Å². The van der Waals surface area contributed by atoms with Gasteiger partial charge >= 0.3 is 0 Å². The van der Waals surface area contributed by atoms with Gasteiger partial charge in [0.15, 0.2) is 0 Å². The van der Waals surface area contributed by atoms with E-state index in [1.54, 1.807) is 0 Å². The summed E-state index contributed by atoms with van der Waals surface area (Å²) in [5.41, 5.74) is 7.25. The third kappa shape index (κ3) is 3.97. The van der Waals surface area contributed by atoms with E-state index in [1.165, 1.54) is 0 Å². The Labute approximate surface area is 153 Å². The molecule has 2 N–H and O–H groups in total. The highest BCUT2D eigenvalue weighted by atomic mass is 35.5. The molecule has 1 heterocycles. The minimum Gasteiger partial charge on any atom is -0.488 e. The molecule has 25 heavy (non-hydrogen) atoms. The maximum absolute atomic E-state index is 13.0. The summed E-state index contributed by atoms with van der Waals surface area (Å²) in [5, 5.41) is 0.658. The van der Waals surface area contributed by atoms with Gasteiger partial charge in [0.05, 0.1) is 5.56 Å². The zero-order valence-corrected chi connectivity index (χ0v) is 15.1. The second-order valence-corrected chi connectivity index (χ2v) is 6.93. The van der Waals surface area contributed by atoms with Crippen LogP contribution in [0.25, 0.3) is 0 Å². The van der Waals surface area contributed by atoms with Gasteiger partial charge < -0.3 is 15.4 Å². The fourth-order valence-electron chi connectivity index (χ4n) is 3.29. The van der Waals surface area contributed by atoms with Crippen LogP contribution in [0.4, 0.5) is 0 Å². The molecule has 132 valence electrons. The number of likely N-dealkylation sites (tertiary alicyclic amines) is 1. The second-order valence-electron chi connectivity index (χ2n) is 6.52. The predicted molar refractivity (Wildman–Crippen MR) is 99.9 cm³/mol. The number of carbonyl (C=O) groups is 1. The lowest BCUT2D eigenvalue weighted by molar-refractivity contribution is 0.0738. The Morgan fingerprint density at radius 2 is 1.96 bits per heavy atom. The van der Waals surface area contributed by atoms with Gasteiger partial charge in [0.1, 0.15) is 12.4 Å². The number of ether oxygens (including phenoxy) is 1. The lowest BCUT2D eigenvalue weighted by Gasteiger charge is -2.23. The Hall–Kier alpha value is -2.04. The van der Waals surface area contributed by atoms with Crippen LogP contribution in [0.1, 0.15) is 29.3 Å². The van der Waals surface area contributed by atoms with E-state index in [0.29, 0.717) is 41.9 Å². The standard InChI is InChI=1S/C20H23ClN2O2/c1-14-10-15(11-22)12-23(14)20(24)17-7-3-5-9-19(17)25-13-16-6-2-4-8-18(16)21/h2-9,14-15H,10-13,22H2,1H3. The summed E-state index contributed by atoms with van der Waals surface area (Å²) in [7, 11) is 0. The van der Waals surface area contributed by atoms with Crippen molar-refractivity contribution in [3.63, 3.8) is 0 Å². The molecular formula is C20H23ClN2O2. The molecule has 2 aromatic carbocycles. The highest BCUT2D eigenvalue weighted by molar-refractivity contribution is 6.31. The van der Waals surface area contributed by atoms with Crippen LogP contribution in [-0.4, -0.2) is 29.9 Å². The van der Waals surface area contributed by atoms with Gasteiger partial charge in [0, 0.05) is 23.2 Å². The Bertz CT molecular complexity index is 750. The van der Waals surface area contributed by atoms with Crippen LogP contribution < -0.4 is 10.5 Å². The maximum atomic E-state index is 13.0. The monoisotopic (exact) mass is 358 g/mol. The molecule has 2 atom stereocenters. The number of carbonyl (C=O) groups excluding carboxylic acids is 1. The SMILES string of the molecule is CC1CC(CN)CN1C(=O)c1ccccc1OCc1ccccc1Cl. The van der Waals surface area contributed by atoms with Gasteiger partial charge in [0.25, 0.3) is 5.91 Å². The molecular weight excluding hydrogens is 336 g/mol. The van der Waals surface area contributed by atoms with Crippen molar-refractivity contribution in [2.45, 2.75) is 26.0 Å². The summed E-state index contributed by atoms with van der Waals surface area (Å²) in [5.74, 6) is 0.948. The fourth-order valence-corrected chi connectivity index (χ4v) is 3.48. The van der Waals surface area contributed by atoms with E-state index in [0.717, 1.165) is 12.0 Å². The molecule has 0 aromatic heterocycles. The zero-order valence-electron chi connectivity index (χ0n) is 14.3. The van der Waals surface area contributed by atoms with E-state index < -0.39 is 0 Å². The van der Waals surface area contributed by atoms with Crippen LogP contribution >= 0.6 is 11.6 Å². The van der Waals surface area contributed by atoms with Gasteiger partial charge in [-0.15, -0.1) is 0 Å². The molecule has 2 unspecified atom stereocenters. The first-order chi connectivity index (χ1) is 12.1. The van der Waals surface area contributed by atoms with Gasteiger partial charge in [-0.1, -0.05) is 41.9 Å². The van der Waals surface area contributed by atoms with E-state index in [9.17, 15) is 4.79 Å². The predicted octanol–water partition coefficient (Wildman–Crippen LogP) is 3.73. The summed E-state index contributed by atoms with van der Waals surface area (Å²) in [4.78, 5) is 14.9. The van der Waals surface area contributed by atoms with Crippen molar-refractivity contribution in [2.75, 3.05) is 13.1 Å². The third-order valence-corrected chi connectivity index (χ3v) is 5.08.